The SMILES string of the molecule is CCCCOC(=O)ON=C(N)COc1ccc(Cl)c2cccnc12. The largest absolute Gasteiger partial charge is 0.535 e. The predicted octanol–water partition coefficient (Wildman–Crippen LogP) is 3.49. The molecule has 24 heavy (non-hydrogen) atoms. The van der Waals surface area contributed by atoms with Gasteiger partial charge in [-0.2, -0.15) is 0 Å². The highest BCUT2D eigenvalue weighted by atomic mass is 35.5. The van der Waals surface area contributed by atoms with E-state index in [0.29, 0.717) is 16.3 Å². The number of rotatable bonds is 7. The lowest BCUT2D eigenvalue weighted by Crippen LogP contribution is -2.22. The van der Waals surface area contributed by atoms with Gasteiger partial charge >= 0.3 is 6.16 Å². The maximum Gasteiger partial charge on any atom is 0.535 e. The Morgan fingerprint density at radius 2 is 2.21 bits per heavy atom. The van der Waals surface area contributed by atoms with Gasteiger partial charge in [-0.3, -0.25) is 9.82 Å². The number of carbonyl (C=O) groups is 1. The van der Waals surface area contributed by atoms with E-state index in [-0.39, 0.29) is 19.0 Å². The van der Waals surface area contributed by atoms with Crippen molar-refractivity contribution in [2.24, 2.45) is 10.9 Å². The molecule has 0 aliphatic rings. The summed E-state index contributed by atoms with van der Waals surface area (Å²) in [5, 5.41) is 4.80. The van der Waals surface area contributed by atoms with E-state index in [0.717, 1.165) is 18.2 Å². The van der Waals surface area contributed by atoms with Crippen LogP contribution in [0.2, 0.25) is 5.02 Å². The second-order valence-corrected chi connectivity index (χ2v) is 5.27. The Labute approximate surface area is 144 Å². The number of nitrogens with two attached hydrogens (primary N) is 1. The van der Waals surface area contributed by atoms with Gasteiger partial charge in [0.25, 0.3) is 0 Å². The Bertz CT molecular complexity index is 736. The lowest BCUT2D eigenvalue weighted by atomic mass is 10.2. The molecule has 1 aromatic heterocycles. The van der Waals surface area contributed by atoms with Gasteiger partial charge in [0.1, 0.15) is 17.9 Å². The van der Waals surface area contributed by atoms with Crippen molar-refractivity contribution in [3.8, 4) is 5.75 Å². The molecule has 0 bridgehead atoms. The Morgan fingerprint density at radius 1 is 1.38 bits per heavy atom. The molecule has 2 rings (SSSR count). The Hall–Kier alpha value is -2.54. The van der Waals surface area contributed by atoms with E-state index in [1.54, 1.807) is 24.4 Å². The summed E-state index contributed by atoms with van der Waals surface area (Å²) in [6.07, 6.45) is 2.41. The van der Waals surface area contributed by atoms with Crippen LogP contribution in [0.15, 0.2) is 35.6 Å². The number of amidine groups is 1. The fourth-order valence-electron chi connectivity index (χ4n) is 1.83. The lowest BCUT2D eigenvalue weighted by molar-refractivity contribution is 0.0560. The third-order valence-corrected chi connectivity index (χ3v) is 3.34. The summed E-state index contributed by atoms with van der Waals surface area (Å²) >= 11 is 6.11. The summed E-state index contributed by atoms with van der Waals surface area (Å²) in [4.78, 5) is 20.0. The molecule has 7 nitrogen and oxygen atoms in total. The van der Waals surface area contributed by atoms with Gasteiger partial charge in [-0.25, -0.2) is 4.79 Å². The minimum absolute atomic E-state index is 0.0125. The van der Waals surface area contributed by atoms with Crippen molar-refractivity contribution in [2.45, 2.75) is 19.8 Å². The number of oxime groups is 1. The second-order valence-electron chi connectivity index (χ2n) is 4.86. The van der Waals surface area contributed by atoms with Gasteiger partial charge in [-0.05, 0) is 30.7 Å². The Balaban J connectivity index is 1.92. The molecule has 0 saturated carbocycles. The van der Waals surface area contributed by atoms with Crippen molar-refractivity contribution in [2.75, 3.05) is 13.2 Å². The van der Waals surface area contributed by atoms with Crippen molar-refractivity contribution in [1.29, 1.82) is 0 Å². The summed E-state index contributed by atoms with van der Waals surface area (Å²) in [6, 6.07) is 7.01. The number of carbonyl (C=O) groups excluding carboxylic acids is 1. The highest BCUT2D eigenvalue weighted by Gasteiger charge is 2.08. The van der Waals surface area contributed by atoms with Crippen LogP contribution in [0.5, 0.6) is 5.75 Å². The van der Waals surface area contributed by atoms with Gasteiger partial charge in [0.2, 0.25) is 0 Å². The zero-order valence-electron chi connectivity index (χ0n) is 13.2. The van der Waals surface area contributed by atoms with Crippen LogP contribution >= 0.6 is 11.6 Å². The van der Waals surface area contributed by atoms with Crippen molar-refractivity contribution >= 4 is 34.5 Å². The normalized spacial score (nSPS) is 11.3. The number of halogens is 1. The van der Waals surface area contributed by atoms with Crippen molar-refractivity contribution in [3.63, 3.8) is 0 Å². The van der Waals surface area contributed by atoms with E-state index < -0.39 is 6.16 Å². The first-order valence-corrected chi connectivity index (χ1v) is 7.81. The topological polar surface area (TPSA) is 96.0 Å². The first-order valence-electron chi connectivity index (χ1n) is 7.44. The third kappa shape index (κ3) is 4.99. The van der Waals surface area contributed by atoms with E-state index in [1.807, 2.05) is 13.0 Å². The van der Waals surface area contributed by atoms with E-state index in [2.05, 4.69) is 15.0 Å². The molecular weight excluding hydrogens is 334 g/mol. The van der Waals surface area contributed by atoms with Crippen LogP contribution in [-0.4, -0.2) is 30.2 Å². The minimum atomic E-state index is -0.898. The van der Waals surface area contributed by atoms with E-state index in [4.69, 9.17) is 26.8 Å². The summed E-state index contributed by atoms with van der Waals surface area (Å²) < 4.78 is 10.3. The van der Waals surface area contributed by atoms with Crippen LogP contribution in [0.3, 0.4) is 0 Å². The molecule has 1 aromatic carbocycles. The van der Waals surface area contributed by atoms with Gasteiger partial charge in [0.05, 0.1) is 11.6 Å². The number of hydrogen-bond acceptors (Lipinski definition) is 6. The highest BCUT2D eigenvalue weighted by molar-refractivity contribution is 6.35. The van der Waals surface area contributed by atoms with Gasteiger partial charge in [0.15, 0.2) is 5.84 Å². The smallest absolute Gasteiger partial charge is 0.483 e. The Kier molecular flexibility index (Phi) is 6.62. The molecule has 1 heterocycles. The van der Waals surface area contributed by atoms with Gasteiger partial charge in [0, 0.05) is 11.6 Å². The molecule has 0 atom stereocenters. The summed E-state index contributed by atoms with van der Waals surface area (Å²) in [5.41, 5.74) is 6.25. The monoisotopic (exact) mass is 351 g/mol. The van der Waals surface area contributed by atoms with Crippen molar-refractivity contribution < 1.29 is 19.1 Å². The van der Waals surface area contributed by atoms with Gasteiger partial charge in [-0.15, -0.1) is 0 Å². The number of nitrogens with zero attached hydrogens (tertiary/aromatic N) is 2. The molecular formula is C16H18ClN3O4. The average Bonchev–Trinajstić information content (AvgIpc) is 2.60. The standard InChI is InChI=1S/C16H18ClN3O4/c1-2-3-9-22-16(21)24-20-14(18)10-23-13-7-6-12(17)11-5-4-8-19-15(11)13/h4-8H,2-3,9-10H2,1H3,(H2,18,20). The molecule has 0 saturated heterocycles. The minimum Gasteiger partial charge on any atom is -0.483 e. The van der Waals surface area contributed by atoms with Crippen molar-refractivity contribution in [1.82, 2.24) is 4.98 Å². The number of unbranched alkanes of at least 4 members (excludes halogenated alkanes) is 1. The molecule has 0 aliphatic heterocycles. The maximum atomic E-state index is 11.2. The molecule has 0 spiro atoms. The van der Waals surface area contributed by atoms with Crippen LogP contribution < -0.4 is 10.5 Å². The van der Waals surface area contributed by atoms with Crippen LogP contribution in [0, 0.1) is 0 Å². The number of benzene rings is 1. The average molecular weight is 352 g/mol. The molecule has 0 fully saturated rings. The van der Waals surface area contributed by atoms with Crippen molar-refractivity contribution in [3.05, 3.63) is 35.5 Å². The lowest BCUT2D eigenvalue weighted by Gasteiger charge is -2.09. The molecule has 2 N–H and O–H groups in total. The Morgan fingerprint density at radius 3 is 3.00 bits per heavy atom. The van der Waals surface area contributed by atoms with Crippen LogP contribution in [0.4, 0.5) is 4.79 Å². The summed E-state index contributed by atoms with van der Waals surface area (Å²) in [7, 11) is 0. The van der Waals surface area contributed by atoms with Crippen LogP contribution in [-0.2, 0) is 9.57 Å². The fraction of sp³-hybridized carbons (Fsp3) is 0.312. The van der Waals surface area contributed by atoms with Crippen LogP contribution in [0.25, 0.3) is 10.9 Å². The van der Waals surface area contributed by atoms with E-state index in [9.17, 15) is 4.79 Å². The number of hydrogen-bond donors (Lipinski definition) is 1. The molecule has 8 heteroatoms. The molecule has 128 valence electrons. The van der Waals surface area contributed by atoms with Crippen LogP contribution in [0.1, 0.15) is 19.8 Å². The zero-order chi connectivity index (χ0) is 17.4. The second kappa shape index (κ2) is 8.93. The number of ether oxygens (including phenoxy) is 2. The summed E-state index contributed by atoms with van der Waals surface area (Å²) in [5.74, 6) is 0.486. The fourth-order valence-corrected chi connectivity index (χ4v) is 2.04. The van der Waals surface area contributed by atoms with E-state index in [1.165, 1.54) is 0 Å². The molecule has 0 amide bonds. The summed E-state index contributed by atoms with van der Waals surface area (Å²) in [6.45, 7) is 2.19. The van der Waals surface area contributed by atoms with Gasteiger partial charge in [-0.1, -0.05) is 30.1 Å². The zero-order valence-corrected chi connectivity index (χ0v) is 14.0. The number of pyridine rings is 1. The van der Waals surface area contributed by atoms with Gasteiger partial charge < -0.3 is 15.2 Å². The molecule has 0 radical (unpaired) electrons. The molecule has 2 aromatic rings. The first kappa shape index (κ1) is 17.8. The molecule has 0 aliphatic carbocycles. The maximum absolute atomic E-state index is 11.2. The first-order chi connectivity index (χ1) is 11.6. The van der Waals surface area contributed by atoms with E-state index >= 15 is 0 Å². The number of fused-ring (bicyclic) bond motifs is 1. The highest BCUT2D eigenvalue weighted by Crippen LogP contribution is 2.29. The molecule has 0 unspecified atom stereocenters. The predicted molar refractivity (Wildman–Crippen MR) is 91.2 cm³/mol. The number of aromatic nitrogens is 1. The quantitative estimate of drug-likeness (QED) is 0.205. The third-order valence-electron chi connectivity index (χ3n) is 3.01.